The summed E-state index contributed by atoms with van der Waals surface area (Å²) < 4.78 is 0. The first-order chi connectivity index (χ1) is 14.8. The van der Waals surface area contributed by atoms with Crippen molar-refractivity contribution in [2.75, 3.05) is 18.4 Å². The number of likely N-dealkylation sites (tertiary alicyclic amines) is 1. The van der Waals surface area contributed by atoms with Crippen molar-refractivity contribution in [2.24, 2.45) is 0 Å². The molecule has 164 valence electrons. The molecule has 0 aromatic heterocycles. The molecule has 0 atom stereocenters. The number of piperidine rings is 1. The Labute approximate surface area is 185 Å². The molecular weight excluding hydrogens is 386 g/mol. The molecule has 2 heterocycles. The lowest BCUT2D eigenvalue weighted by Gasteiger charge is -2.36. The average Bonchev–Trinajstić information content (AvgIpc) is 3.17. The first-order valence-electron chi connectivity index (χ1n) is 11.2. The Kier molecular flexibility index (Phi) is 5.80. The van der Waals surface area contributed by atoms with Crippen molar-refractivity contribution in [3.05, 3.63) is 71.3 Å². The third kappa shape index (κ3) is 4.77. The highest BCUT2D eigenvalue weighted by molar-refractivity contribution is 5.89. The van der Waals surface area contributed by atoms with Gasteiger partial charge in [-0.15, -0.1) is 0 Å². The minimum Gasteiger partial charge on any atom is -0.324 e. The Morgan fingerprint density at radius 1 is 1.06 bits per heavy atom. The Balaban J connectivity index is 1.36. The van der Waals surface area contributed by atoms with E-state index in [-0.39, 0.29) is 17.0 Å². The number of nitrogens with one attached hydrogen (secondary N) is 2. The fourth-order valence-electron chi connectivity index (χ4n) is 4.13. The van der Waals surface area contributed by atoms with Gasteiger partial charge in [-0.25, -0.2) is 4.79 Å². The average molecular weight is 420 g/mol. The van der Waals surface area contributed by atoms with E-state index in [9.17, 15) is 4.79 Å². The standard InChI is InChI=1S/C26H33N3O2/c1-5-19-6-12-22(13-7-19)27-24(30)29-16-14-26(15-17-29)18-23(28-31-26)20-8-10-21(11-9-20)25(2,3)4/h6-13,18,28H,5,14-17H2,1-4H3,(H,27,30). The van der Waals surface area contributed by atoms with Crippen LogP contribution in [0.4, 0.5) is 10.5 Å². The molecule has 5 nitrogen and oxygen atoms in total. The molecule has 2 aromatic carbocycles. The predicted octanol–water partition coefficient (Wildman–Crippen LogP) is 5.49. The van der Waals surface area contributed by atoms with Gasteiger partial charge in [0, 0.05) is 31.6 Å². The van der Waals surface area contributed by atoms with E-state index < -0.39 is 0 Å². The summed E-state index contributed by atoms with van der Waals surface area (Å²) in [5.41, 5.74) is 8.46. The van der Waals surface area contributed by atoms with E-state index >= 15 is 0 Å². The van der Waals surface area contributed by atoms with Crippen LogP contribution in [-0.2, 0) is 16.7 Å². The number of carbonyl (C=O) groups is 1. The first-order valence-corrected chi connectivity index (χ1v) is 11.2. The van der Waals surface area contributed by atoms with Gasteiger partial charge in [-0.1, -0.05) is 64.1 Å². The van der Waals surface area contributed by atoms with E-state index in [1.165, 1.54) is 11.1 Å². The molecule has 1 spiro atoms. The van der Waals surface area contributed by atoms with E-state index in [2.05, 4.69) is 81.0 Å². The number of hydrogen-bond acceptors (Lipinski definition) is 3. The van der Waals surface area contributed by atoms with E-state index in [0.717, 1.165) is 36.2 Å². The lowest BCUT2D eigenvalue weighted by atomic mass is 9.86. The zero-order chi connectivity index (χ0) is 22.1. The summed E-state index contributed by atoms with van der Waals surface area (Å²) in [7, 11) is 0. The van der Waals surface area contributed by atoms with E-state index in [0.29, 0.717) is 13.1 Å². The van der Waals surface area contributed by atoms with Gasteiger partial charge in [0.2, 0.25) is 0 Å². The quantitative estimate of drug-likeness (QED) is 0.692. The van der Waals surface area contributed by atoms with E-state index in [4.69, 9.17) is 4.84 Å². The van der Waals surface area contributed by atoms with Gasteiger partial charge < -0.3 is 10.2 Å². The van der Waals surface area contributed by atoms with Gasteiger partial charge in [-0.05, 0) is 46.7 Å². The maximum atomic E-state index is 12.7. The minimum atomic E-state index is -0.350. The third-order valence-electron chi connectivity index (χ3n) is 6.34. The van der Waals surface area contributed by atoms with Crippen LogP contribution in [0.25, 0.3) is 5.70 Å². The van der Waals surface area contributed by atoms with Gasteiger partial charge in [-0.3, -0.25) is 10.3 Å². The lowest BCUT2D eigenvalue weighted by molar-refractivity contribution is -0.0634. The highest BCUT2D eigenvalue weighted by Gasteiger charge is 2.40. The van der Waals surface area contributed by atoms with Crippen molar-refractivity contribution in [1.82, 2.24) is 10.4 Å². The van der Waals surface area contributed by atoms with Crippen LogP contribution >= 0.6 is 0 Å². The largest absolute Gasteiger partial charge is 0.324 e. The summed E-state index contributed by atoms with van der Waals surface area (Å²) in [6, 6.07) is 16.7. The highest BCUT2D eigenvalue weighted by atomic mass is 16.7. The maximum absolute atomic E-state index is 12.7. The molecule has 2 aromatic rings. The summed E-state index contributed by atoms with van der Waals surface area (Å²) in [5, 5.41) is 3.01. The molecule has 0 aliphatic carbocycles. The number of urea groups is 1. The number of nitrogens with zero attached hydrogens (tertiary/aromatic N) is 1. The highest BCUT2D eigenvalue weighted by Crippen LogP contribution is 2.35. The van der Waals surface area contributed by atoms with Crippen LogP contribution in [0.3, 0.4) is 0 Å². The summed E-state index contributed by atoms with van der Waals surface area (Å²) in [4.78, 5) is 20.6. The minimum absolute atomic E-state index is 0.0490. The predicted molar refractivity (Wildman–Crippen MR) is 126 cm³/mol. The Morgan fingerprint density at radius 2 is 1.71 bits per heavy atom. The SMILES string of the molecule is CCc1ccc(NC(=O)N2CCC3(C=C(c4ccc(C(C)(C)C)cc4)NO3)CC2)cc1. The molecule has 2 N–H and O–H groups in total. The molecule has 0 radical (unpaired) electrons. The number of hydrogen-bond donors (Lipinski definition) is 2. The molecule has 31 heavy (non-hydrogen) atoms. The second-order valence-electron chi connectivity index (χ2n) is 9.62. The summed E-state index contributed by atoms with van der Waals surface area (Å²) in [6.45, 7) is 10.1. The molecule has 0 unspecified atom stereocenters. The van der Waals surface area contributed by atoms with Crippen molar-refractivity contribution in [1.29, 1.82) is 0 Å². The fourth-order valence-corrected chi connectivity index (χ4v) is 4.13. The molecule has 1 fully saturated rings. The van der Waals surface area contributed by atoms with Gasteiger partial charge >= 0.3 is 6.03 Å². The topological polar surface area (TPSA) is 53.6 Å². The first kappa shape index (κ1) is 21.4. The van der Waals surface area contributed by atoms with E-state index in [1.807, 2.05) is 17.0 Å². The molecule has 5 heteroatoms. The zero-order valence-electron chi connectivity index (χ0n) is 19.0. The van der Waals surface area contributed by atoms with Crippen molar-refractivity contribution in [3.63, 3.8) is 0 Å². The summed E-state index contributed by atoms with van der Waals surface area (Å²) >= 11 is 0. The van der Waals surface area contributed by atoms with Gasteiger partial charge in [-0.2, -0.15) is 0 Å². The summed E-state index contributed by atoms with van der Waals surface area (Å²) in [5.74, 6) is 0. The maximum Gasteiger partial charge on any atom is 0.321 e. The second-order valence-corrected chi connectivity index (χ2v) is 9.62. The van der Waals surface area contributed by atoms with Crippen LogP contribution in [-0.4, -0.2) is 29.6 Å². The normalized spacial score (nSPS) is 17.9. The molecule has 0 saturated carbocycles. The number of hydroxylamine groups is 1. The molecule has 2 amide bonds. The number of benzene rings is 2. The molecule has 0 bridgehead atoms. The van der Waals surface area contributed by atoms with Crippen molar-refractivity contribution in [3.8, 4) is 0 Å². The van der Waals surface area contributed by atoms with Gasteiger partial charge in [0.05, 0.1) is 5.70 Å². The van der Waals surface area contributed by atoms with Crippen LogP contribution in [0.5, 0.6) is 0 Å². The molecular formula is C26H33N3O2. The van der Waals surface area contributed by atoms with Gasteiger partial charge in [0.15, 0.2) is 0 Å². The zero-order valence-corrected chi connectivity index (χ0v) is 19.0. The number of carbonyl (C=O) groups excluding carboxylic acids is 1. The van der Waals surface area contributed by atoms with Crippen LogP contribution in [0.1, 0.15) is 57.2 Å². The smallest absolute Gasteiger partial charge is 0.321 e. The Bertz CT molecular complexity index is 948. The Morgan fingerprint density at radius 3 is 2.29 bits per heavy atom. The van der Waals surface area contributed by atoms with Gasteiger partial charge in [0.1, 0.15) is 5.60 Å². The van der Waals surface area contributed by atoms with Crippen LogP contribution < -0.4 is 10.8 Å². The van der Waals surface area contributed by atoms with Crippen LogP contribution in [0, 0.1) is 0 Å². The van der Waals surface area contributed by atoms with E-state index in [1.54, 1.807) is 0 Å². The Hall–Kier alpha value is -2.79. The molecule has 1 saturated heterocycles. The number of rotatable bonds is 3. The van der Waals surface area contributed by atoms with Crippen molar-refractivity contribution < 1.29 is 9.63 Å². The summed E-state index contributed by atoms with van der Waals surface area (Å²) in [6.07, 6.45) is 4.72. The van der Waals surface area contributed by atoms with Crippen molar-refractivity contribution >= 4 is 17.4 Å². The lowest BCUT2D eigenvalue weighted by Crippen LogP contribution is -2.48. The van der Waals surface area contributed by atoms with Gasteiger partial charge in [0.25, 0.3) is 0 Å². The molecule has 4 rings (SSSR count). The number of anilines is 1. The van der Waals surface area contributed by atoms with Crippen LogP contribution in [0.15, 0.2) is 54.6 Å². The monoisotopic (exact) mass is 419 g/mol. The number of aryl methyl sites for hydroxylation is 1. The van der Waals surface area contributed by atoms with Crippen molar-refractivity contribution in [2.45, 2.75) is 58.0 Å². The second kappa shape index (κ2) is 8.39. The fraction of sp³-hybridized carbons (Fsp3) is 0.423. The third-order valence-corrected chi connectivity index (χ3v) is 6.34. The molecule has 2 aliphatic rings. The van der Waals surface area contributed by atoms with Crippen LogP contribution in [0.2, 0.25) is 0 Å². The number of amides is 2. The molecule has 2 aliphatic heterocycles.